The number of rotatable bonds is 0. The van der Waals surface area contributed by atoms with E-state index in [2.05, 4.69) is 5.32 Å². The van der Waals surface area contributed by atoms with Crippen LogP contribution in [0.15, 0.2) is 18.2 Å². The van der Waals surface area contributed by atoms with Crippen molar-refractivity contribution in [3.05, 3.63) is 28.8 Å². The highest BCUT2D eigenvalue weighted by Crippen LogP contribution is 2.41. The van der Waals surface area contributed by atoms with Gasteiger partial charge in [0.05, 0.1) is 0 Å². The lowest BCUT2D eigenvalue weighted by Gasteiger charge is -2.36. The van der Waals surface area contributed by atoms with Crippen molar-refractivity contribution in [3.8, 4) is 0 Å². The largest absolute Gasteiger partial charge is 0.381 e. The highest BCUT2D eigenvalue weighted by atomic mass is 35.5. The van der Waals surface area contributed by atoms with E-state index in [4.69, 9.17) is 11.6 Å². The van der Waals surface area contributed by atoms with Gasteiger partial charge in [-0.25, -0.2) is 4.79 Å². The predicted octanol–water partition coefficient (Wildman–Crippen LogP) is 2.61. The van der Waals surface area contributed by atoms with Crippen LogP contribution in [0, 0.1) is 0 Å². The Morgan fingerprint density at radius 2 is 2.26 bits per heavy atom. The fraction of sp³-hybridized carbons (Fsp3) is 0.500. The van der Waals surface area contributed by atoms with Crippen LogP contribution in [-0.2, 0) is 0 Å². The van der Waals surface area contributed by atoms with Gasteiger partial charge in [-0.15, -0.1) is 0 Å². The van der Waals surface area contributed by atoms with Crippen LogP contribution in [0.2, 0.25) is 5.02 Å². The van der Waals surface area contributed by atoms with Gasteiger partial charge in [0.1, 0.15) is 0 Å². The van der Waals surface area contributed by atoms with Crippen LogP contribution in [0.4, 0.5) is 10.5 Å². The molecule has 0 saturated carbocycles. The van der Waals surface area contributed by atoms with Gasteiger partial charge in [-0.3, -0.25) is 0 Å². The molecule has 0 bridgehead atoms. The zero-order valence-corrected chi connectivity index (χ0v) is 11.9. The number of carbonyl (C=O) groups is 1. The topological polar surface area (TPSA) is 35.6 Å². The molecule has 1 aromatic carbocycles. The van der Waals surface area contributed by atoms with E-state index in [0.717, 1.165) is 24.5 Å². The summed E-state index contributed by atoms with van der Waals surface area (Å²) >= 11 is 6.09. The molecule has 1 fully saturated rings. The minimum atomic E-state index is 0.0916. The minimum absolute atomic E-state index is 0.0916. The van der Waals surface area contributed by atoms with Crippen molar-refractivity contribution in [2.75, 3.05) is 32.5 Å². The summed E-state index contributed by atoms with van der Waals surface area (Å²) in [5.74, 6) is 0.353. The molecule has 0 spiro atoms. The Labute approximate surface area is 118 Å². The van der Waals surface area contributed by atoms with Crippen molar-refractivity contribution < 1.29 is 4.79 Å². The van der Waals surface area contributed by atoms with E-state index < -0.39 is 0 Å². The summed E-state index contributed by atoms with van der Waals surface area (Å²) in [7, 11) is 3.60. The molecule has 4 nitrogen and oxygen atoms in total. The molecule has 0 radical (unpaired) electrons. The molecule has 0 aliphatic carbocycles. The van der Waals surface area contributed by atoms with Crippen LogP contribution in [0.3, 0.4) is 0 Å². The molecular formula is C14H18ClN3O. The second kappa shape index (κ2) is 4.60. The highest BCUT2D eigenvalue weighted by molar-refractivity contribution is 6.30. The number of halogens is 1. The number of hydrogen-bond donors (Lipinski definition) is 1. The number of carbonyl (C=O) groups excluding carboxylic acids is 1. The first kappa shape index (κ1) is 12.6. The van der Waals surface area contributed by atoms with Gasteiger partial charge in [0.25, 0.3) is 0 Å². The van der Waals surface area contributed by atoms with Gasteiger partial charge < -0.3 is 15.1 Å². The number of anilines is 1. The Kier molecular flexibility index (Phi) is 3.05. The number of amides is 2. The molecule has 1 saturated heterocycles. The normalized spacial score (nSPS) is 24.5. The Bertz CT molecular complexity index is 517. The maximum atomic E-state index is 12.1. The average Bonchev–Trinajstić information content (AvgIpc) is 2.75. The Morgan fingerprint density at radius 3 is 3.00 bits per heavy atom. The molecule has 1 aromatic rings. The lowest BCUT2D eigenvalue weighted by molar-refractivity contribution is 0.153. The number of benzene rings is 1. The molecule has 2 aliphatic heterocycles. The van der Waals surface area contributed by atoms with Crippen LogP contribution in [0.1, 0.15) is 17.9 Å². The number of fused-ring (bicyclic) bond motifs is 3. The third kappa shape index (κ3) is 2.14. The number of nitrogens with zero attached hydrogens (tertiary/aromatic N) is 2. The Hall–Kier alpha value is -1.42. The molecule has 5 heteroatoms. The minimum Gasteiger partial charge on any atom is -0.381 e. The van der Waals surface area contributed by atoms with Gasteiger partial charge in [-0.05, 0) is 30.2 Å². The van der Waals surface area contributed by atoms with Crippen molar-refractivity contribution in [1.82, 2.24) is 9.80 Å². The zero-order chi connectivity index (χ0) is 13.6. The molecule has 2 amide bonds. The first-order chi connectivity index (χ1) is 9.06. The lowest BCUT2D eigenvalue weighted by atomic mass is 9.89. The fourth-order valence-electron chi connectivity index (χ4n) is 3.07. The number of nitrogens with one attached hydrogen (secondary N) is 1. The van der Waals surface area contributed by atoms with Crippen molar-refractivity contribution in [2.24, 2.45) is 0 Å². The second-order valence-electron chi connectivity index (χ2n) is 5.50. The summed E-state index contributed by atoms with van der Waals surface area (Å²) in [5, 5.41) is 4.30. The smallest absolute Gasteiger partial charge is 0.319 e. The van der Waals surface area contributed by atoms with Crippen LogP contribution in [-0.4, -0.2) is 49.1 Å². The molecular weight excluding hydrogens is 262 g/mol. The van der Waals surface area contributed by atoms with E-state index in [1.807, 2.05) is 23.1 Å². The average molecular weight is 280 g/mol. The van der Waals surface area contributed by atoms with E-state index >= 15 is 0 Å². The number of piperidine rings is 1. The molecule has 3 rings (SSSR count). The third-order valence-corrected chi connectivity index (χ3v) is 4.25. The van der Waals surface area contributed by atoms with Crippen LogP contribution in [0.25, 0.3) is 0 Å². The van der Waals surface area contributed by atoms with Crippen LogP contribution in [0.5, 0.6) is 0 Å². The molecule has 0 aromatic heterocycles. The molecule has 2 aliphatic rings. The first-order valence-electron chi connectivity index (χ1n) is 6.58. The maximum absolute atomic E-state index is 12.1. The molecule has 0 unspecified atom stereocenters. The third-order valence-electron chi connectivity index (χ3n) is 4.02. The van der Waals surface area contributed by atoms with Gasteiger partial charge >= 0.3 is 6.03 Å². The number of urea groups is 1. The van der Waals surface area contributed by atoms with E-state index in [1.165, 1.54) is 11.3 Å². The van der Waals surface area contributed by atoms with E-state index in [9.17, 15) is 4.79 Å². The van der Waals surface area contributed by atoms with E-state index in [-0.39, 0.29) is 6.03 Å². The van der Waals surface area contributed by atoms with Crippen LogP contribution < -0.4 is 5.32 Å². The van der Waals surface area contributed by atoms with Gasteiger partial charge in [-0.2, -0.15) is 0 Å². The first-order valence-corrected chi connectivity index (χ1v) is 6.96. The standard InChI is InChI=1S/C14H18ClN3O/c1-17(2)14(19)18-6-5-13-11(8-18)10-7-9(15)3-4-12(10)16-13/h3-4,7,11,13,16H,5-6,8H2,1-2H3/t11-,13+/m0/s1. The molecule has 1 N–H and O–H groups in total. The Morgan fingerprint density at radius 1 is 1.47 bits per heavy atom. The van der Waals surface area contributed by atoms with Crippen molar-refractivity contribution in [2.45, 2.75) is 18.4 Å². The summed E-state index contributed by atoms with van der Waals surface area (Å²) < 4.78 is 0. The number of likely N-dealkylation sites (tertiary alicyclic amines) is 1. The van der Waals surface area contributed by atoms with Crippen molar-refractivity contribution in [3.63, 3.8) is 0 Å². The molecule has 19 heavy (non-hydrogen) atoms. The Balaban J connectivity index is 1.84. The maximum Gasteiger partial charge on any atom is 0.319 e. The molecule has 102 valence electrons. The second-order valence-corrected chi connectivity index (χ2v) is 5.94. The summed E-state index contributed by atoms with van der Waals surface area (Å²) in [4.78, 5) is 15.6. The summed E-state index contributed by atoms with van der Waals surface area (Å²) in [6.45, 7) is 1.58. The molecule has 2 heterocycles. The van der Waals surface area contributed by atoms with E-state index in [1.54, 1.807) is 19.0 Å². The van der Waals surface area contributed by atoms with Crippen LogP contribution >= 0.6 is 11.6 Å². The van der Waals surface area contributed by atoms with E-state index in [0.29, 0.717) is 12.0 Å². The summed E-state index contributed by atoms with van der Waals surface area (Å²) in [6.07, 6.45) is 0.983. The van der Waals surface area contributed by atoms with Crippen molar-refractivity contribution >= 4 is 23.3 Å². The van der Waals surface area contributed by atoms with Gasteiger partial charge in [0.15, 0.2) is 0 Å². The highest BCUT2D eigenvalue weighted by Gasteiger charge is 2.38. The summed E-state index contributed by atoms with van der Waals surface area (Å²) in [6, 6.07) is 6.49. The zero-order valence-electron chi connectivity index (χ0n) is 11.2. The lowest BCUT2D eigenvalue weighted by Crippen LogP contribution is -2.48. The fourth-order valence-corrected chi connectivity index (χ4v) is 3.25. The molecule has 2 atom stereocenters. The monoisotopic (exact) mass is 279 g/mol. The van der Waals surface area contributed by atoms with Gasteiger partial charge in [0.2, 0.25) is 0 Å². The van der Waals surface area contributed by atoms with Gasteiger partial charge in [-0.1, -0.05) is 11.6 Å². The van der Waals surface area contributed by atoms with Crippen molar-refractivity contribution in [1.29, 1.82) is 0 Å². The SMILES string of the molecule is CN(C)C(=O)N1CC[C@H]2Nc3ccc(Cl)cc3[C@@H]2C1. The predicted molar refractivity (Wildman–Crippen MR) is 76.9 cm³/mol. The van der Waals surface area contributed by atoms with Gasteiger partial charge in [0, 0.05) is 49.9 Å². The summed E-state index contributed by atoms with van der Waals surface area (Å²) in [5.41, 5.74) is 2.41. The quantitative estimate of drug-likeness (QED) is 0.792. The number of hydrogen-bond acceptors (Lipinski definition) is 2.